The van der Waals surface area contributed by atoms with Gasteiger partial charge in [-0.05, 0) is 78.8 Å². The second-order valence-electron chi connectivity index (χ2n) is 12.5. The number of aromatic nitrogens is 2. The maximum atomic E-state index is 11.5. The van der Waals surface area contributed by atoms with E-state index in [1.54, 1.807) is 0 Å². The number of hydrogen-bond acceptors (Lipinski definition) is 10. The molecule has 3 N–H and O–H groups in total. The van der Waals surface area contributed by atoms with Gasteiger partial charge in [-0.25, -0.2) is 9.97 Å². The van der Waals surface area contributed by atoms with Crippen molar-refractivity contribution in [1.29, 1.82) is 0 Å². The lowest BCUT2D eigenvalue weighted by molar-refractivity contribution is -0.240. The van der Waals surface area contributed by atoms with E-state index in [4.69, 9.17) is 19.2 Å². The van der Waals surface area contributed by atoms with Crippen molar-refractivity contribution in [2.75, 3.05) is 57.9 Å². The van der Waals surface area contributed by atoms with Gasteiger partial charge in [0.05, 0.1) is 31.2 Å². The molecule has 1 spiro atoms. The van der Waals surface area contributed by atoms with Crippen molar-refractivity contribution in [2.45, 2.75) is 80.6 Å². The number of ether oxygens (including phenoxy) is 3. The first-order valence-corrected chi connectivity index (χ1v) is 16.0. The monoisotopic (exact) mass is 646 g/mol. The molecule has 2 saturated heterocycles. The molecule has 0 radical (unpaired) electrons. The van der Waals surface area contributed by atoms with Gasteiger partial charge in [-0.1, -0.05) is 12.1 Å². The molecule has 0 unspecified atom stereocenters. The highest BCUT2D eigenvalue weighted by molar-refractivity contribution is 9.10. The molecule has 4 fully saturated rings. The van der Waals surface area contributed by atoms with E-state index in [0.717, 1.165) is 37.6 Å². The molecule has 2 aromatic rings. The SMILES string of the molecule is CN1CCN(c2cccc(C3(O)CCC(O)(OCCc4ccc(C5(O)CCC6(CC5)OCCO6)nc4Br)CC3)n2)CC1. The lowest BCUT2D eigenvalue weighted by atomic mass is 9.79. The minimum atomic E-state index is -1.29. The number of nitrogens with zero attached hydrogens (tertiary/aromatic N) is 4. The quantitative estimate of drug-likeness (QED) is 0.305. The third-order valence-electron chi connectivity index (χ3n) is 9.69. The predicted octanol–water partition coefficient (Wildman–Crippen LogP) is 3.21. The largest absolute Gasteiger partial charge is 0.384 e. The van der Waals surface area contributed by atoms with Crippen molar-refractivity contribution in [3.8, 4) is 0 Å². The number of piperazine rings is 1. The molecule has 2 aliphatic carbocycles. The zero-order chi connectivity index (χ0) is 29.4. The summed E-state index contributed by atoms with van der Waals surface area (Å²) in [7, 11) is 2.13. The first-order valence-electron chi connectivity index (χ1n) is 15.3. The van der Waals surface area contributed by atoms with E-state index in [-0.39, 0.29) is 0 Å². The second kappa shape index (κ2) is 12.0. The van der Waals surface area contributed by atoms with Crippen LogP contribution in [0, 0.1) is 0 Å². The summed E-state index contributed by atoms with van der Waals surface area (Å²) in [5.41, 5.74) is 0.149. The van der Waals surface area contributed by atoms with Crippen LogP contribution in [0.4, 0.5) is 5.82 Å². The smallest absolute Gasteiger partial charge is 0.168 e. The fourth-order valence-electron chi connectivity index (χ4n) is 6.69. The van der Waals surface area contributed by atoms with Crippen LogP contribution in [0.25, 0.3) is 0 Å². The molecular weight excluding hydrogens is 604 g/mol. The van der Waals surface area contributed by atoms with Crippen LogP contribution in [0.1, 0.15) is 68.3 Å². The van der Waals surface area contributed by atoms with Crippen molar-refractivity contribution in [2.24, 2.45) is 0 Å². The molecule has 10 nitrogen and oxygen atoms in total. The lowest BCUT2D eigenvalue weighted by Crippen LogP contribution is -2.45. The summed E-state index contributed by atoms with van der Waals surface area (Å²) in [6.07, 6.45) is 4.30. The molecular formula is C31H43BrN4O6. The van der Waals surface area contributed by atoms with Gasteiger partial charge in [-0.2, -0.15) is 0 Å². The van der Waals surface area contributed by atoms with Crippen LogP contribution in [0.2, 0.25) is 0 Å². The highest BCUT2D eigenvalue weighted by Crippen LogP contribution is 2.45. The molecule has 2 saturated carbocycles. The number of likely N-dealkylation sites (N-methyl/N-ethyl adjacent to an activating group) is 1. The first-order chi connectivity index (χ1) is 20.1. The number of rotatable bonds is 7. The Morgan fingerprint density at radius 1 is 0.810 bits per heavy atom. The molecule has 2 aliphatic heterocycles. The summed E-state index contributed by atoms with van der Waals surface area (Å²) in [4.78, 5) is 14.1. The average molecular weight is 648 g/mol. The highest BCUT2D eigenvalue weighted by Gasteiger charge is 2.47. The van der Waals surface area contributed by atoms with E-state index in [0.29, 0.717) is 93.6 Å². The summed E-state index contributed by atoms with van der Waals surface area (Å²) in [6.45, 7) is 5.35. The van der Waals surface area contributed by atoms with Crippen LogP contribution in [-0.2, 0) is 31.8 Å². The topological polar surface area (TPSA) is 121 Å². The fourth-order valence-corrected chi connectivity index (χ4v) is 7.22. The summed E-state index contributed by atoms with van der Waals surface area (Å²) in [6, 6.07) is 9.70. The summed E-state index contributed by atoms with van der Waals surface area (Å²) >= 11 is 3.58. The maximum absolute atomic E-state index is 11.5. The van der Waals surface area contributed by atoms with E-state index in [9.17, 15) is 15.3 Å². The van der Waals surface area contributed by atoms with E-state index in [1.807, 2.05) is 30.3 Å². The van der Waals surface area contributed by atoms with Crippen LogP contribution in [0.3, 0.4) is 0 Å². The first kappa shape index (κ1) is 30.3. The molecule has 0 bridgehead atoms. The van der Waals surface area contributed by atoms with Crippen molar-refractivity contribution in [3.63, 3.8) is 0 Å². The van der Waals surface area contributed by atoms with E-state index >= 15 is 0 Å². The number of aliphatic hydroxyl groups is 3. The molecule has 2 aromatic heterocycles. The van der Waals surface area contributed by atoms with Crippen LogP contribution < -0.4 is 4.90 Å². The van der Waals surface area contributed by atoms with Gasteiger partial charge in [0.2, 0.25) is 0 Å². The molecule has 11 heteroatoms. The fraction of sp³-hybridized carbons (Fsp3) is 0.677. The molecule has 0 amide bonds. The third-order valence-corrected chi connectivity index (χ3v) is 10.4. The predicted molar refractivity (Wildman–Crippen MR) is 160 cm³/mol. The summed E-state index contributed by atoms with van der Waals surface area (Å²) in [5.74, 6) is -0.938. The van der Waals surface area contributed by atoms with Crippen molar-refractivity contribution >= 4 is 21.7 Å². The normalized spacial score (nSPS) is 29.7. The van der Waals surface area contributed by atoms with Crippen molar-refractivity contribution in [3.05, 3.63) is 51.9 Å². The molecule has 0 atom stereocenters. The number of hydrogen-bond donors (Lipinski definition) is 3. The van der Waals surface area contributed by atoms with Gasteiger partial charge in [0, 0.05) is 51.9 Å². The minimum absolute atomic E-state index is 0.313. The Morgan fingerprint density at radius 2 is 1.43 bits per heavy atom. The molecule has 230 valence electrons. The zero-order valence-corrected chi connectivity index (χ0v) is 26.0. The Balaban J connectivity index is 1.01. The van der Waals surface area contributed by atoms with Crippen LogP contribution in [0.5, 0.6) is 0 Å². The molecule has 0 aromatic carbocycles. The molecule has 4 heterocycles. The Bertz CT molecular complexity index is 1230. The van der Waals surface area contributed by atoms with Gasteiger partial charge in [-0.15, -0.1) is 0 Å². The lowest BCUT2D eigenvalue weighted by Gasteiger charge is -2.41. The zero-order valence-electron chi connectivity index (χ0n) is 24.4. The van der Waals surface area contributed by atoms with Gasteiger partial charge >= 0.3 is 0 Å². The van der Waals surface area contributed by atoms with Gasteiger partial charge < -0.3 is 39.3 Å². The Kier molecular flexibility index (Phi) is 8.67. The summed E-state index contributed by atoms with van der Waals surface area (Å²) < 4.78 is 18.3. The third kappa shape index (κ3) is 6.39. The van der Waals surface area contributed by atoms with Gasteiger partial charge in [0.25, 0.3) is 0 Å². The Hall–Kier alpha value is -1.70. The van der Waals surface area contributed by atoms with Crippen LogP contribution in [0.15, 0.2) is 34.9 Å². The Morgan fingerprint density at radius 3 is 2.07 bits per heavy atom. The summed E-state index contributed by atoms with van der Waals surface area (Å²) in [5, 5.41) is 34.0. The maximum Gasteiger partial charge on any atom is 0.168 e. The van der Waals surface area contributed by atoms with Crippen LogP contribution in [-0.4, -0.2) is 94.8 Å². The van der Waals surface area contributed by atoms with E-state index in [2.05, 4.69) is 37.8 Å². The van der Waals surface area contributed by atoms with Crippen LogP contribution >= 0.6 is 15.9 Å². The van der Waals surface area contributed by atoms with Crippen molar-refractivity contribution < 1.29 is 29.5 Å². The van der Waals surface area contributed by atoms with Gasteiger partial charge in [-0.3, -0.25) is 0 Å². The van der Waals surface area contributed by atoms with Gasteiger partial charge in [0.15, 0.2) is 11.6 Å². The van der Waals surface area contributed by atoms with E-state index < -0.39 is 22.8 Å². The van der Waals surface area contributed by atoms with Gasteiger partial charge in [0.1, 0.15) is 21.6 Å². The standard InChI is InChI=1S/C31H43BrN4O6/c1-35-16-18-36(19-17-35)26-4-2-3-24(33-26)28(37)8-12-30(39,13-9-28)40-20-7-23-5-6-25(34-27(23)32)29(38)10-14-31(15-11-29)41-21-22-42-31/h2-6,37-39H,7-22H2,1H3. The van der Waals surface area contributed by atoms with E-state index in [1.165, 1.54) is 0 Å². The van der Waals surface area contributed by atoms with Crippen molar-refractivity contribution in [1.82, 2.24) is 14.9 Å². The average Bonchev–Trinajstić information content (AvgIpc) is 3.46. The number of anilines is 1. The number of pyridine rings is 2. The molecule has 6 rings (SSSR count). The molecule has 42 heavy (non-hydrogen) atoms. The highest BCUT2D eigenvalue weighted by atomic mass is 79.9. The number of halogens is 1. The minimum Gasteiger partial charge on any atom is -0.384 e. The second-order valence-corrected chi connectivity index (χ2v) is 13.3. The Labute approximate surface area is 256 Å². The molecule has 4 aliphatic rings.